The second-order valence-electron chi connectivity index (χ2n) is 9.47. The molecule has 0 spiro atoms. The van der Waals surface area contributed by atoms with E-state index in [1.807, 2.05) is 0 Å². The predicted molar refractivity (Wildman–Crippen MR) is 121 cm³/mol. The van der Waals surface area contributed by atoms with E-state index in [1.165, 1.54) is 21.1 Å². The summed E-state index contributed by atoms with van der Waals surface area (Å²) in [5, 5.41) is 74.9. The van der Waals surface area contributed by atoms with Gasteiger partial charge in [-0.1, -0.05) is 0 Å². The van der Waals surface area contributed by atoms with E-state index in [2.05, 4.69) is 5.32 Å². The maximum Gasteiger partial charge on any atom is 0.217 e. The van der Waals surface area contributed by atoms with Gasteiger partial charge in [0.15, 0.2) is 18.9 Å². The number of aliphatic hydroxyl groups excluding tert-OH is 7. The van der Waals surface area contributed by atoms with Crippen molar-refractivity contribution in [3.05, 3.63) is 0 Å². The van der Waals surface area contributed by atoms with E-state index >= 15 is 0 Å². The zero-order valence-electron chi connectivity index (χ0n) is 21.5. The van der Waals surface area contributed by atoms with Crippen molar-refractivity contribution in [3.63, 3.8) is 0 Å². The van der Waals surface area contributed by atoms with Crippen LogP contribution in [0.5, 0.6) is 0 Å². The first-order valence-electron chi connectivity index (χ1n) is 12.2. The molecule has 3 rings (SSSR count). The number of aliphatic hydroxyl groups is 7. The lowest BCUT2D eigenvalue weighted by Crippen LogP contribution is -2.68. The third kappa shape index (κ3) is 6.45. The molecule has 38 heavy (non-hydrogen) atoms. The Balaban J connectivity index is 1.93. The third-order valence-electron chi connectivity index (χ3n) is 6.95. The van der Waals surface area contributed by atoms with Crippen LogP contribution in [0.4, 0.5) is 0 Å². The summed E-state index contributed by atoms with van der Waals surface area (Å²) in [4.78, 5) is 11.8. The van der Waals surface area contributed by atoms with E-state index in [1.54, 1.807) is 0 Å². The molecule has 1 amide bonds. The number of nitrogens with one attached hydrogen (secondary N) is 1. The lowest BCUT2D eigenvalue weighted by Gasteiger charge is -2.49. The summed E-state index contributed by atoms with van der Waals surface area (Å²) in [6, 6.07) is -1.34. The minimum absolute atomic E-state index is 0.592. The highest BCUT2D eigenvalue weighted by Gasteiger charge is 2.54. The molecule has 3 heterocycles. The molecule has 0 aromatic rings. The van der Waals surface area contributed by atoms with Gasteiger partial charge in [0.25, 0.3) is 0 Å². The van der Waals surface area contributed by atoms with Crippen molar-refractivity contribution in [3.8, 4) is 0 Å². The Labute approximate surface area is 218 Å². The molecule has 8 N–H and O–H groups in total. The molecule has 3 saturated heterocycles. The Morgan fingerprint density at radius 2 is 1.32 bits per heavy atom. The van der Waals surface area contributed by atoms with Crippen LogP contribution < -0.4 is 5.32 Å². The molecule has 15 unspecified atom stereocenters. The van der Waals surface area contributed by atoms with Gasteiger partial charge in [-0.3, -0.25) is 4.79 Å². The lowest BCUT2D eigenvalue weighted by atomic mass is 9.95. The van der Waals surface area contributed by atoms with E-state index < -0.39 is 111 Å². The summed E-state index contributed by atoms with van der Waals surface area (Å²) < 4.78 is 39.1. The molecule has 0 aliphatic carbocycles. The molecule has 3 aliphatic heterocycles. The van der Waals surface area contributed by atoms with Gasteiger partial charge in [0.05, 0.1) is 19.3 Å². The van der Waals surface area contributed by atoms with Gasteiger partial charge in [0, 0.05) is 21.1 Å². The normalized spacial score (nSPS) is 48.0. The quantitative estimate of drug-likeness (QED) is 0.132. The number of rotatable bonds is 9. The summed E-state index contributed by atoms with van der Waals surface area (Å²) in [5.41, 5.74) is 0. The van der Waals surface area contributed by atoms with E-state index in [0.717, 1.165) is 6.92 Å². The van der Waals surface area contributed by atoms with E-state index in [0.29, 0.717) is 0 Å². The average Bonchev–Trinajstić information content (AvgIpc) is 2.88. The topological polar surface area (TPSA) is 235 Å². The highest BCUT2D eigenvalue weighted by Crippen LogP contribution is 2.33. The van der Waals surface area contributed by atoms with Gasteiger partial charge in [-0.05, 0) is 6.92 Å². The summed E-state index contributed by atoms with van der Waals surface area (Å²) in [6.07, 6.45) is -19.1. The smallest absolute Gasteiger partial charge is 0.217 e. The average molecular weight is 558 g/mol. The van der Waals surface area contributed by atoms with Crippen LogP contribution in [-0.4, -0.2) is 161 Å². The fourth-order valence-electron chi connectivity index (χ4n) is 4.89. The fourth-order valence-corrected chi connectivity index (χ4v) is 4.89. The number of ether oxygens (including phenoxy) is 7. The van der Waals surface area contributed by atoms with E-state index in [4.69, 9.17) is 33.2 Å². The van der Waals surface area contributed by atoms with Crippen LogP contribution in [0.1, 0.15) is 13.8 Å². The number of amides is 1. The molecular weight excluding hydrogens is 518 g/mol. The summed E-state index contributed by atoms with van der Waals surface area (Å²) in [7, 11) is 2.53. The SMILES string of the molecule is COC1C(CO)OC(OC2C(O)C(CO)OC(O)C2NC(C)=O)C(OC2OC(C)C(O)C(O)C2OC)C1O. The number of hydrogen-bond donors (Lipinski definition) is 8. The third-order valence-corrected chi connectivity index (χ3v) is 6.95. The number of methoxy groups -OCH3 is 2. The van der Waals surface area contributed by atoms with Gasteiger partial charge in [-0.15, -0.1) is 0 Å². The highest BCUT2D eigenvalue weighted by molar-refractivity contribution is 5.73. The van der Waals surface area contributed by atoms with Crippen molar-refractivity contribution in [1.29, 1.82) is 0 Å². The van der Waals surface area contributed by atoms with Crippen molar-refractivity contribution in [2.24, 2.45) is 0 Å². The second-order valence-corrected chi connectivity index (χ2v) is 9.47. The van der Waals surface area contributed by atoms with Crippen molar-refractivity contribution in [2.75, 3.05) is 27.4 Å². The Morgan fingerprint density at radius 1 is 0.737 bits per heavy atom. The van der Waals surface area contributed by atoms with Crippen molar-refractivity contribution in [1.82, 2.24) is 5.32 Å². The Morgan fingerprint density at radius 3 is 1.87 bits per heavy atom. The maximum atomic E-state index is 11.8. The standard InChI is InChI=1S/C22H39NO15/c1-7-12(27)14(29)18(33-4)21(34-7)38-19-15(30)16(32-3)10(6-25)36-22(19)37-17-11(23-8(2)26)20(31)35-9(5-24)13(17)28/h7,9-22,24-25,27-31H,5-6H2,1-4H3,(H,23,26). The molecule has 16 heteroatoms. The van der Waals surface area contributed by atoms with Crippen molar-refractivity contribution in [2.45, 2.75) is 106 Å². The van der Waals surface area contributed by atoms with Crippen LogP contribution in [0.2, 0.25) is 0 Å². The van der Waals surface area contributed by atoms with Crippen molar-refractivity contribution < 1.29 is 73.7 Å². The summed E-state index contributed by atoms with van der Waals surface area (Å²) in [5.74, 6) is -0.592. The molecule has 15 atom stereocenters. The number of carbonyl (C=O) groups excluding carboxylic acids is 1. The first-order chi connectivity index (χ1) is 18.0. The van der Waals surface area contributed by atoms with E-state index in [-0.39, 0.29) is 0 Å². The molecule has 0 radical (unpaired) electrons. The molecule has 3 aliphatic rings. The lowest BCUT2D eigenvalue weighted by molar-refractivity contribution is -0.382. The monoisotopic (exact) mass is 557 g/mol. The highest BCUT2D eigenvalue weighted by atomic mass is 16.8. The van der Waals surface area contributed by atoms with Crippen LogP contribution >= 0.6 is 0 Å². The van der Waals surface area contributed by atoms with Gasteiger partial charge in [0.2, 0.25) is 5.91 Å². The van der Waals surface area contributed by atoms with E-state index in [9.17, 15) is 40.5 Å². The Bertz CT molecular complexity index is 762. The molecule has 16 nitrogen and oxygen atoms in total. The first kappa shape index (κ1) is 31.4. The minimum atomic E-state index is -1.70. The molecule has 222 valence electrons. The Kier molecular flexibility index (Phi) is 11.2. The minimum Gasteiger partial charge on any atom is -0.394 e. The maximum absolute atomic E-state index is 11.8. The molecule has 0 aromatic heterocycles. The van der Waals surface area contributed by atoms with Crippen LogP contribution in [0.15, 0.2) is 0 Å². The zero-order chi connectivity index (χ0) is 28.3. The van der Waals surface area contributed by atoms with Crippen LogP contribution in [-0.2, 0) is 38.0 Å². The van der Waals surface area contributed by atoms with Crippen LogP contribution in [0.25, 0.3) is 0 Å². The number of carbonyl (C=O) groups is 1. The molecule has 0 bridgehead atoms. The van der Waals surface area contributed by atoms with Gasteiger partial charge in [-0.2, -0.15) is 0 Å². The second kappa shape index (κ2) is 13.5. The zero-order valence-corrected chi connectivity index (χ0v) is 21.5. The molecule has 0 saturated carbocycles. The van der Waals surface area contributed by atoms with Gasteiger partial charge in [-0.25, -0.2) is 0 Å². The summed E-state index contributed by atoms with van der Waals surface area (Å²) in [6.45, 7) is 1.34. The largest absolute Gasteiger partial charge is 0.394 e. The first-order valence-corrected chi connectivity index (χ1v) is 12.2. The predicted octanol–water partition coefficient (Wildman–Crippen LogP) is -5.09. The number of hydrogen-bond acceptors (Lipinski definition) is 15. The van der Waals surface area contributed by atoms with Gasteiger partial charge >= 0.3 is 0 Å². The Hall–Kier alpha value is -1.09. The molecule has 0 aromatic carbocycles. The fraction of sp³-hybridized carbons (Fsp3) is 0.955. The molecule has 3 fully saturated rings. The molecular formula is C22H39NO15. The van der Waals surface area contributed by atoms with Crippen molar-refractivity contribution >= 4 is 5.91 Å². The van der Waals surface area contributed by atoms with Gasteiger partial charge < -0.3 is 74.2 Å². The van der Waals surface area contributed by atoms with Gasteiger partial charge in [0.1, 0.15) is 67.1 Å². The van der Waals surface area contributed by atoms with Crippen LogP contribution in [0, 0.1) is 0 Å². The summed E-state index contributed by atoms with van der Waals surface area (Å²) >= 11 is 0. The van der Waals surface area contributed by atoms with Crippen LogP contribution in [0.3, 0.4) is 0 Å².